The van der Waals surface area contributed by atoms with E-state index >= 15 is 0 Å². The van der Waals surface area contributed by atoms with Gasteiger partial charge in [-0.25, -0.2) is 9.97 Å². The molecule has 0 bridgehead atoms. The van der Waals surface area contributed by atoms with Gasteiger partial charge in [-0.15, -0.1) is 0 Å². The quantitative estimate of drug-likeness (QED) is 0.180. The van der Waals surface area contributed by atoms with E-state index in [0.29, 0.717) is 5.82 Å². The minimum Gasteiger partial charge on any atom is -0.265 e. The van der Waals surface area contributed by atoms with Gasteiger partial charge in [0.05, 0.1) is 16.8 Å². The normalized spacial score (nSPS) is 12.9. The van der Waals surface area contributed by atoms with Crippen LogP contribution in [0.5, 0.6) is 0 Å². The summed E-state index contributed by atoms with van der Waals surface area (Å²) in [6.45, 7) is 0. The molecule has 0 N–H and O–H groups in total. The fraction of sp³-hybridized carbons (Fsp3) is 0.0179. The van der Waals surface area contributed by atoms with Crippen molar-refractivity contribution < 1.29 is 0 Å². The summed E-state index contributed by atoms with van der Waals surface area (Å²) in [4.78, 5) is 14.8. The maximum Gasteiger partial charge on any atom is 0.160 e. The zero-order chi connectivity index (χ0) is 38.9. The highest BCUT2D eigenvalue weighted by molar-refractivity contribution is 5.99. The molecule has 0 aliphatic heterocycles. The van der Waals surface area contributed by atoms with Gasteiger partial charge in [0.15, 0.2) is 5.82 Å². The Morgan fingerprint density at radius 3 is 1.44 bits per heavy atom. The van der Waals surface area contributed by atoms with Crippen LogP contribution in [0.4, 0.5) is 0 Å². The minimum atomic E-state index is -0.574. The van der Waals surface area contributed by atoms with Crippen LogP contribution < -0.4 is 0 Å². The summed E-state index contributed by atoms with van der Waals surface area (Å²) in [5, 5.41) is 2.47. The van der Waals surface area contributed by atoms with Gasteiger partial charge in [0.1, 0.15) is 0 Å². The lowest BCUT2D eigenvalue weighted by Gasteiger charge is -2.35. The molecule has 8 aromatic carbocycles. The largest absolute Gasteiger partial charge is 0.265 e. The first-order valence-corrected chi connectivity index (χ1v) is 20.2. The predicted octanol–water partition coefficient (Wildman–Crippen LogP) is 13.7. The highest BCUT2D eigenvalue weighted by atomic mass is 14.9. The van der Waals surface area contributed by atoms with Crippen LogP contribution in [0.1, 0.15) is 22.3 Å². The second kappa shape index (κ2) is 13.2. The van der Waals surface area contributed by atoms with Gasteiger partial charge in [-0.2, -0.15) is 0 Å². The van der Waals surface area contributed by atoms with Gasteiger partial charge in [0, 0.05) is 29.1 Å². The highest BCUT2D eigenvalue weighted by Crippen LogP contribution is 2.61. The smallest absolute Gasteiger partial charge is 0.160 e. The average Bonchev–Trinajstić information content (AvgIpc) is 3.56. The van der Waals surface area contributed by atoms with Crippen molar-refractivity contribution in [2.45, 2.75) is 5.41 Å². The van der Waals surface area contributed by atoms with E-state index in [1.165, 1.54) is 77.5 Å². The zero-order valence-corrected chi connectivity index (χ0v) is 32.0. The zero-order valence-electron chi connectivity index (χ0n) is 32.0. The van der Waals surface area contributed by atoms with E-state index in [-0.39, 0.29) is 0 Å². The number of pyridine rings is 1. The van der Waals surface area contributed by atoms with E-state index in [9.17, 15) is 0 Å². The Kier molecular flexibility index (Phi) is 7.45. The summed E-state index contributed by atoms with van der Waals surface area (Å²) in [7, 11) is 0. The van der Waals surface area contributed by atoms with E-state index < -0.39 is 5.41 Å². The molecular weight excluding hydrogens is 715 g/mol. The molecule has 2 aromatic heterocycles. The van der Waals surface area contributed by atoms with E-state index in [2.05, 4.69) is 193 Å². The van der Waals surface area contributed by atoms with Crippen molar-refractivity contribution in [3.63, 3.8) is 0 Å². The van der Waals surface area contributed by atoms with E-state index in [0.717, 1.165) is 28.1 Å². The Morgan fingerprint density at radius 2 is 0.780 bits per heavy atom. The van der Waals surface area contributed by atoms with Crippen LogP contribution in [0.2, 0.25) is 0 Å². The molecule has 10 aromatic rings. The van der Waals surface area contributed by atoms with Crippen molar-refractivity contribution in [1.29, 1.82) is 0 Å². The van der Waals surface area contributed by atoms with Crippen LogP contribution in [-0.2, 0) is 5.41 Å². The van der Waals surface area contributed by atoms with Gasteiger partial charge in [-0.1, -0.05) is 176 Å². The third-order valence-corrected chi connectivity index (χ3v) is 12.5. The number of hydrogen-bond acceptors (Lipinski definition) is 3. The van der Waals surface area contributed by atoms with Gasteiger partial charge in [-0.05, 0) is 102 Å². The number of rotatable bonds is 4. The third-order valence-electron chi connectivity index (χ3n) is 12.5. The lowest BCUT2D eigenvalue weighted by Crippen LogP contribution is -2.29. The standard InChI is InChI=1S/C56H35N3/c1-2-14-41-36(12-1)13-11-20-42(41)37-24-26-38(27-25-37)53-35-54(59-55(58-53)39-30-32-57-33-31-39)40-28-29-48-44-16-4-3-15-43(44)45-17-5-8-21-49(45)56(52(48)34-40)50-22-9-6-18-46(50)47-19-7-10-23-51(47)56/h1-35H. The Morgan fingerprint density at radius 1 is 0.305 bits per heavy atom. The summed E-state index contributed by atoms with van der Waals surface area (Å²) in [5.74, 6) is 0.662. The first-order chi connectivity index (χ1) is 29.3. The molecule has 0 atom stereocenters. The van der Waals surface area contributed by atoms with E-state index in [4.69, 9.17) is 9.97 Å². The molecule has 2 aliphatic carbocycles. The molecule has 0 unspecified atom stereocenters. The topological polar surface area (TPSA) is 38.7 Å². The SMILES string of the molecule is c1ccc2c(c1)-c1ccccc1C1(c3cc(-c4cc(-c5ccc(-c6cccc7ccccc67)cc5)nc(-c5ccncc5)n4)ccc3-2)c2ccccc2-c2ccccc21. The van der Waals surface area contributed by atoms with Crippen LogP contribution in [0.3, 0.4) is 0 Å². The number of nitrogens with zero attached hydrogens (tertiary/aromatic N) is 3. The molecule has 3 heteroatoms. The van der Waals surface area contributed by atoms with Crippen LogP contribution in [0, 0.1) is 0 Å². The monoisotopic (exact) mass is 749 g/mol. The molecule has 0 amide bonds. The van der Waals surface area contributed by atoms with Crippen molar-refractivity contribution in [3.8, 4) is 78.4 Å². The molecule has 3 nitrogen and oxygen atoms in total. The Balaban J connectivity index is 1.10. The molecular formula is C56H35N3. The summed E-state index contributed by atoms with van der Waals surface area (Å²) in [5.41, 5.74) is 19.1. The summed E-state index contributed by atoms with van der Waals surface area (Å²) < 4.78 is 0. The number of benzene rings is 8. The molecule has 0 saturated heterocycles. The number of aromatic nitrogens is 3. The van der Waals surface area contributed by atoms with E-state index in [1.54, 1.807) is 12.4 Å². The van der Waals surface area contributed by atoms with Crippen molar-refractivity contribution >= 4 is 10.8 Å². The van der Waals surface area contributed by atoms with Crippen LogP contribution in [-0.4, -0.2) is 15.0 Å². The van der Waals surface area contributed by atoms with Crippen molar-refractivity contribution in [2.24, 2.45) is 0 Å². The van der Waals surface area contributed by atoms with Crippen LogP contribution in [0.25, 0.3) is 89.2 Å². The fourth-order valence-corrected chi connectivity index (χ4v) is 9.88. The maximum absolute atomic E-state index is 5.32. The number of hydrogen-bond donors (Lipinski definition) is 0. The van der Waals surface area contributed by atoms with Crippen LogP contribution in [0.15, 0.2) is 213 Å². The van der Waals surface area contributed by atoms with Gasteiger partial charge in [0.2, 0.25) is 0 Å². The highest BCUT2D eigenvalue weighted by Gasteiger charge is 2.49. The van der Waals surface area contributed by atoms with Crippen molar-refractivity contribution in [2.75, 3.05) is 0 Å². The third kappa shape index (κ3) is 5.05. The van der Waals surface area contributed by atoms with E-state index in [1.807, 2.05) is 12.1 Å². The molecule has 12 rings (SSSR count). The maximum atomic E-state index is 5.32. The average molecular weight is 750 g/mol. The molecule has 59 heavy (non-hydrogen) atoms. The van der Waals surface area contributed by atoms with Gasteiger partial charge in [0.25, 0.3) is 0 Å². The van der Waals surface area contributed by atoms with Crippen LogP contribution >= 0.6 is 0 Å². The molecule has 274 valence electrons. The molecule has 1 spiro atoms. The Labute approximate surface area is 343 Å². The Bertz CT molecular complexity index is 3220. The predicted molar refractivity (Wildman–Crippen MR) is 241 cm³/mol. The van der Waals surface area contributed by atoms with Crippen molar-refractivity contribution in [3.05, 3.63) is 235 Å². The lowest BCUT2D eigenvalue weighted by molar-refractivity contribution is 0.775. The summed E-state index contributed by atoms with van der Waals surface area (Å²) in [6, 6.07) is 72.9. The van der Waals surface area contributed by atoms with Gasteiger partial charge in [-0.3, -0.25) is 4.98 Å². The molecule has 2 aliphatic rings. The second-order valence-corrected chi connectivity index (χ2v) is 15.5. The molecule has 0 fully saturated rings. The molecule has 0 radical (unpaired) electrons. The van der Waals surface area contributed by atoms with Gasteiger partial charge < -0.3 is 0 Å². The fourth-order valence-electron chi connectivity index (χ4n) is 9.88. The second-order valence-electron chi connectivity index (χ2n) is 15.5. The Hall–Kier alpha value is -7.75. The van der Waals surface area contributed by atoms with Gasteiger partial charge >= 0.3 is 0 Å². The number of fused-ring (bicyclic) bond motifs is 13. The lowest BCUT2D eigenvalue weighted by atomic mass is 9.65. The molecule has 0 saturated carbocycles. The molecule has 2 heterocycles. The summed E-state index contributed by atoms with van der Waals surface area (Å²) >= 11 is 0. The van der Waals surface area contributed by atoms with Crippen molar-refractivity contribution in [1.82, 2.24) is 15.0 Å². The minimum absolute atomic E-state index is 0.574. The first kappa shape index (κ1) is 33.4. The summed E-state index contributed by atoms with van der Waals surface area (Å²) in [6.07, 6.45) is 3.61. The first-order valence-electron chi connectivity index (χ1n) is 20.2.